The normalized spacial score (nSPS) is 53.2. The lowest BCUT2D eigenvalue weighted by atomic mass is 9.79. The van der Waals surface area contributed by atoms with Crippen LogP contribution in [0, 0.1) is 17.8 Å². The largest absolute Gasteiger partial charge is 0.394 e. The SMILES string of the molecule is C=C1CC2CC[C@@]34C[C@H]5O[C@H]6[C@@H](O3)[C@H]3OC(CC[C@@H]3O[C@H]6[C@H]5O4)CC(=O)C[C@H]3C(C[C@H]4OC(CC[C@@H]1O2)C[C@@H](C)C4=C)O[C@H](C[C@H](O)CO)[C@@H]3C. The molecule has 10 fully saturated rings. The van der Waals surface area contributed by atoms with E-state index in [9.17, 15) is 15.0 Å². The molecule has 0 aliphatic carbocycles. The van der Waals surface area contributed by atoms with Crippen LogP contribution < -0.4 is 0 Å². The zero-order valence-corrected chi connectivity index (χ0v) is 30.3. The number of rotatable bonds is 3. The number of Topliss-reactive ketones (excluding diaryl/α,β-unsaturated/α-hetero) is 1. The molecule has 19 atom stereocenters. The summed E-state index contributed by atoms with van der Waals surface area (Å²) in [5.74, 6) is -0.367. The monoisotopic (exact) mass is 714 g/mol. The summed E-state index contributed by atoms with van der Waals surface area (Å²) in [4.78, 5) is 14.0. The van der Waals surface area contributed by atoms with Gasteiger partial charge in [-0.05, 0) is 73.8 Å². The maximum absolute atomic E-state index is 14.0. The second kappa shape index (κ2) is 13.8. The Labute approximate surface area is 301 Å². The molecule has 10 heterocycles. The second-order valence-electron chi connectivity index (χ2n) is 17.5. The lowest BCUT2D eigenvalue weighted by molar-refractivity contribution is -0.292. The molecule has 4 unspecified atom stereocenters. The van der Waals surface area contributed by atoms with E-state index < -0.39 is 11.9 Å². The van der Waals surface area contributed by atoms with Gasteiger partial charge < -0.3 is 48.1 Å². The number of fused-ring (bicyclic) bond motifs is 6. The molecule has 0 aromatic carbocycles. The van der Waals surface area contributed by atoms with Gasteiger partial charge >= 0.3 is 0 Å². The van der Waals surface area contributed by atoms with Gasteiger partial charge in [0.15, 0.2) is 5.79 Å². The molecular weight excluding hydrogens is 656 g/mol. The van der Waals surface area contributed by atoms with E-state index in [2.05, 4.69) is 27.0 Å². The minimum Gasteiger partial charge on any atom is -0.394 e. The van der Waals surface area contributed by atoms with Gasteiger partial charge in [-0.1, -0.05) is 27.0 Å². The van der Waals surface area contributed by atoms with Crippen molar-refractivity contribution in [1.82, 2.24) is 0 Å². The Morgan fingerprint density at radius 1 is 0.745 bits per heavy atom. The summed E-state index contributed by atoms with van der Waals surface area (Å²) < 4.78 is 53.9. The van der Waals surface area contributed by atoms with E-state index in [0.29, 0.717) is 44.4 Å². The highest BCUT2D eigenvalue weighted by Gasteiger charge is 2.68. The third-order valence-electron chi connectivity index (χ3n) is 14.1. The van der Waals surface area contributed by atoms with Gasteiger partial charge in [0.1, 0.15) is 36.3 Å². The first-order valence-corrected chi connectivity index (χ1v) is 20.0. The summed E-state index contributed by atoms with van der Waals surface area (Å²) >= 11 is 0. The molecule has 2 N–H and O–H groups in total. The number of aliphatic hydroxyl groups excluding tert-OH is 2. The van der Waals surface area contributed by atoms with Crippen molar-refractivity contribution < 1.29 is 52.9 Å². The van der Waals surface area contributed by atoms with E-state index in [1.807, 2.05) is 0 Å². The zero-order chi connectivity index (χ0) is 35.2. The van der Waals surface area contributed by atoms with Gasteiger partial charge in [-0.3, -0.25) is 4.79 Å². The Bertz CT molecular complexity index is 1360. The lowest BCUT2D eigenvalue weighted by Gasteiger charge is -2.47. The molecule has 12 bridgehead atoms. The van der Waals surface area contributed by atoms with Crippen molar-refractivity contribution in [2.45, 2.75) is 195 Å². The van der Waals surface area contributed by atoms with E-state index in [4.69, 9.17) is 37.9 Å². The molecule has 10 aliphatic rings. The molecule has 0 aromatic rings. The molecule has 10 rings (SSSR count). The first kappa shape index (κ1) is 35.5. The molecule has 11 nitrogen and oxygen atoms in total. The number of hydrogen-bond acceptors (Lipinski definition) is 11. The van der Waals surface area contributed by atoms with E-state index in [0.717, 1.165) is 56.1 Å². The molecule has 51 heavy (non-hydrogen) atoms. The van der Waals surface area contributed by atoms with Gasteiger partial charge in [-0.2, -0.15) is 0 Å². The first-order valence-electron chi connectivity index (χ1n) is 20.0. The van der Waals surface area contributed by atoms with Crippen molar-refractivity contribution >= 4 is 5.78 Å². The highest BCUT2D eigenvalue weighted by atomic mass is 16.8. The maximum atomic E-state index is 14.0. The van der Waals surface area contributed by atoms with Crippen LogP contribution in [0.5, 0.6) is 0 Å². The number of ketones is 1. The van der Waals surface area contributed by atoms with Gasteiger partial charge in [0.25, 0.3) is 0 Å². The van der Waals surface area contributed by atoms with Gasteiger partial charge in [-0.15, -0.1) is 0 Å². The number of carbonyl (C=O) groups excluding carboxylic acids is 1. The number of carbonyl (C=O) groups is 1. The summed E-state index contributed by atoms with van der Waals surface area (Å²) in [6, 6.07) is 0. The molecule has 1 spiro atoms. The summed E-state index contributed by atoms with van der Waals surface area (Å²) in [6.07, 6.45) is 5.65. The number of aliphatic hydroxyl groups is 2. The third kappa shape index (κ3) is 6.53. The number of hydrogen-bond donors (Lipinski definition) is 2. The highest BCUT2D eigenvalue weighted by molar-refractivity contribution is 5.79. The van der Waals surface area contributed by atoms with Gasteiger partial charge in [0, 0.05) is 38.5 Å². The molecule has 284 valence electrons. The average Bonchev–Trinajstić information content (AvgIpc) is 3.77. The fourth-order valence-corrected chi connectivity index (χ4v) is 11.3. The van der Waals surface area contributed by atoms with E-state index in [1.54, 1.807) is 0 Å². The summed E-state index contributed by atoms with van der Waals surface area (Å²) in [7, 11) is 0. The molecule has 0 saturated carbocycles. The van der Waals surface area contributed by atoms with Crippen LogP contribution in [0.3, 0.4) is 0 Å². The molecule has 0 aromatic heterocycles. The third-order valence-corrected chi connectivity index (χ3v) is 14.1. The van der Waals surface area contributed by atoms with Crippen LogP contribution in [0.1, 0.15) is 97.3 Å². The van der Waals surface area contributed by atoms with Crippen molar-refractivity contribution in [3.63, 3.8) is 0 Å². The van der Waals surface area contributed by atoms with Crippen molar-refractivity contribution in [3.05, 3.63) is 24.3 Å². The molecule has 11 heteroatoms. The first-order chi connectivity index (χ1) is 24.6. The predicted molar refractivity (Wildman–Crippen MR) is 183 cm³/mol. The van der Waals surface area contributed by atoms with Crippen LogP contribution in [0.25, 0.3) is 0 Å². The fourth-order valence-electron chi connectivity index (χ4n) is 11.3. The summed E-state index contributed by atoms with van der Waals surface area (Å²) in [6.45, 7) is 12.9. The van der Waals surface area contributed by atoms with Crippen LogP contribution in [0.2, 0.25) is 0 Å². The maximum Gasteiger partial charge on any atom is 0.172 e. The molecular formula is C40H58O11. The van der Waals surface area contributed by atoms with Crippen molar-refractivity contribution in [2.24, 2.45) is 17.8 Å². The Balaban J connectivity index is 0.986. The van der Waals surface area contributed by atoms with Crippen LogP contribution >= 0.6 is 0 Å². The van der Waals surface area contributed by atoms with Crippen molar-refractivity contribution in [3.8, 4) is 0 Å². The minimum atomic E-state index is -0.872. The second-order valence-corrected chi connectivity index (χ2v) is 17.5. The molecule has 10 saturated heterocycles. The van der Waals surface area contributed by atoms with Crippen LogP contribution in [-0.4, -0.2) is 120 Å². The standard InChI is InChI=1S/C40H58O11/c1-19-11-25-5-7-29-20(2)12-27(44-29)9-10-40-17-34-36(50-40)37-38(49-34)39(51-40)35-30(48-37)8-6-26(46-35)13-23(42)14-28-22(4)31(15-24(43)18-41)47-33(28)16-32(45-25)21(19)3/h19,22,24-39,41,43H,2-3,5-18H2,1,4H3/t19-,22-,24+,25?,26?,27?,28-,29+,30+,31-,32-,33?,34-,35+,36+,37+,38-,39+,40+/m1/s1. The highest BCUT2D eigenvalue weighted by Crippen LogP contribution is 2.54. The van der Waals surface area contributed by atoms with Crippen LogP contribution in [0.15, 0.2) is 24.3 Å². The quantitative estimate of drug-likeness (QED) is 0.410. The Morgan fingerprint density at radius 2 is 1.49 bits per heavy atom. The zero-order valence-electron chi connectivity index (χ0n) is 30.3. The Kier molecular flexibility index (Phi) is 9.59. The minimum absolute atomic E-state index is 0.00894. The summed E-state index contributed by atoms with van der Waals surface area (Å²) in [5.41, 5.74) is 2.22. The van der Waals surface area contributed by atoms with Gasteiger partial charge in [0.05, 0.1) is 67.6 Å². The predicted octanol–water partition coefficient (Wildman–Crippen LogP) is 4.09. The lowest BCUT2D eigenvalue weighted by Crippen LogP contribution is -2.61. The van der Waals surface area contributed by atoms with Crippen LogP contribution in [-0.2, 0) is 42.7 Å². The van der Waals surface area contributed by atoms with E-state index in [-0.39, 0.29) is 110 Å². The van der Waals surface area contributed by atoms with Gasteiger partial charge in [0.2, 0.25) is 0 Å². The summed E-state index contributed by atoms with van der Waals surface area (Å²) in [5, 5.41) is 20.0. The molecule has 0 amide bonds. The molecule has 0 radical (unpaired) electrons. The van der Waals surface area contributed by atoms with Crippen LogP contribution in [0.4, 0.5) is 0 Å². The number of ether oxygens (including phenoxy) is 8. The Morgan fingerprint density at radius 3 is 2.33 bits per heavy atom. The fraction of sp³-hybridized carbons (Fsp3) is 0.875. The average molecular weight is 715 g/mol. The van der Waals surface area contributed by atoms with Gasteiger partial charge in [-0.25, -0.2) is 0 Å². The Hall–Kier alpha value is -1.25. The van der Waals surface area contributed by atoms with E-state index in [1.165, 1.54) is 0 Å². The smallest absolute Gasteiger partial charge is 0.172 e. The molecule has 10 aliphatic heterocycles. The van der Waals surface area contributed by atoms with Crippen molar-refractivity contribution in [2.75, 3.05) is 6.61 Å². The van der Waals surface area contributed by atoms with Crippen molar-refractivity contribution in [1.29, 1.82) is 0 Å². The van der Waals surface area contributed by atoms with E-state index >= 15 is 0 Å². The topological polar surface area (TPSA) is 131 Å².